The van der Waals surface area contributed by atoms with E-state index in [1.807, 2.05) is 6.92 Å². The Labute approximate surface area is 264 Å². The fraction of sp³-hybridized carbons (Fsp3) is 0.389. The molecule has 246 valence electrons. The van der Waals surface area contributed by atoms with Gasteiger partial charge in [0, 0.05) is 11.1 Å². The van der Waals surface area contributed by atoms with Gasteiger partial charge in [-0.05, 0) is 36.6 Å². The van der Waals surface area contributed by atoms with Gasteiger partial charge in [-0.1, -0.05) is 89.4 Å². The lowest BCUT2D eigenvalue weighted by Crippen LogP contribution is -2.12. The second-order valence-corrected chi connectivity index (χ2v) is 10.8. The summed E-state index contributed by atoms with van der Waals surface area (Å²) in [6.07, 6.45) is 7.10. The summed E-state index contributed by atoms with van der Waals surface area (Å²) in [7, 11) is 0. The molecule has 0 radical (unpaired) electrons. The molecule has 0 bridgehead atoms. The molecule has 10 heteroatoms. The zero-order valence-corrected chi connectivity index (χ0v) is 25.8. The third-order valence-corrected chi connectivity index (χ3v) is 7.20. The second-order valence-electron chi connectivity index (χ2n) is 10.8. The van der Waals surface area contributed by atoms with Gasteiger partial charge in [0.2, 0.25) is 23.3 Å². The molecular weight excluding hydrogens is 616 g/mol. The van der Waals surface area contributed by atoms with Gasteiger partial charge in [0.05, 0.1) is 13.2 Å². The van der Waals surface area contributed by atoms with E-state index < -0.39 is 69.2 Å². The van der Waals surface area contributed by atoms with Gasteiger partial charge in [-0.25, -0.2) is 17.6 Å². The van der Waals surface area contributed by atoms with E-state index >= 15 is 0 Å². The molecule has 0 N–H and O–H groups in total. The summed E-state index contributed by atoms with van der Waals surface area (Å²) in [6.45, 7) is 5.39. The van der Waals surface area contributed by atoms with Crippen LogP contribution in [-0.2, 0) is 0 Å². The number of unbranched alkanes of at least 4 members (excludes halogenated alkanes) is 6. The van der Waals surface area contributed by atoms with Crippen LogP contribution in [-0.4, -0.2) is 13.2 Å². The van der Waals surface area contributed by atoms with Crippen molar-refractivity contribution in [2.75, 3.05) is 13.2 Å². The molecule has 3 aromatic carbocycles. The Balaban J connectivity index is 1.73. The normalized spacial score (nSPS) is 11.4. The molecule has 0 aliphatic carbocycles. The lowest BCUT2D eigenvalue weighted by atomic mass is 10.1. The lowest BCUT2D eigenvalue weighted by Gasteiger charge is -2.13. The minimum Gasteiger partial charge on any atom is -0.487 e. The van der Waals surface area contributed by atoms with Gasteiger partial charge >= 0.3 is 0 Å². The molecule has 0 heterocycles. The van der Waals surface area contributed by atoms with Crippen molar-refractivity contribution in [2.24, 2.45) is 5.92 Å². The summed E-state index contributed by atoms with van der Waals surface area (Å²) in [4.78, 5) is 0. The van der Waals surface area contributed by atoms with Gasteiger partial charge in [0.25, 0.3) is 0 Å². The van der Waals surface area contributed by atoms with Crippen LogP contribution in [0.1, 0.15) is 94.4 Å². The van der Waals surface area contributed by atoms with Crippen LogP contribution in [0.15, 0.2) is 24.3 Å². The highest BCUT2D eigenvalue weighted by Crippen LogP contribution is 2.31. The molecule has 0 saturated carbocycles. The zero-order valence-electron chi connectivity index (χ0n) is 25.8. The first-order chi connectivity index (χ1) is 22.0. The molecule has 0 aromatic heterocycles. The Kier molecular flexibility index (Phi) is 13.8. The second kappa shape index (κ2) is 17.5. The highest BCUT2D eigenvalue weighted by Gasteiger charge is 2.27. The molecule has 2 nitrogen and oxygen atoms in total. The number of rotatable bonds is 13. The smallest absolute Gasteiger partial charge is 0.205 e. The van der Waals surface area contributed by atoms with Crippen LogP contribution in [0.4, 0.5) is 35.1 Å². The zero-order chi connectivity index (χ0) is 33.8. The van der Waals surface area contributed by atoms with Crippen LogP contribution in [0.3, 0.4) is 0 Å². The van der Waals surface area contributed by atoms with Crippen LogP contribution in [0.5, 0.6) is 11.5 Å². The summed E-state index contributed by atoms with van der Waals surface area (Å²) < 4.78 is 126. The van der Waals surface area contributed by atoms with Crippen LogP contribution < -0.4 is 9.47 Å². The van der Waals surface area contributed by atoms with Crippen LogP contribution in [0, 0.1) is 76.1 Å². The van der Waals surface area contributed by atoms with Crippen molar-refractivity contribution in [2.45, 2.75) is 72.1 Å². The molecule has 0 amide bonds. The molecule has 0 spiro atoms. The maximum atomic E-state index is 14.6. The van der Waals surface area contributed by atoms with Crippen molar-refractivity contribution in [3.05, 3.63) is 93.1 Å². The number of ether oxygens (including phenoxy) is 2. The van der Waals surface area contributed by atoms with Crippen LogP contribution in [0.2, 0.25) is 0 Å². The van der Waals surface area contributed by atoms with Crippen molar-refractivity contribution in [3.8, 4) is 35.2 Å². The minimum atomic E-state index is -1.72. The molecule has 0 fully saturated rings. The number of benzene rings is 3. The van der Waals surface area contributed by atoms with Gasteiger partial charge in [0.1, 0.15) is 11.1 Å². The minimum absolute atomic E-state index is 0.109. The van der Waals surface area contributed by atoms with Crippen molar-refractivity contribution in [1.29, 1.82) is 0 Å². The largest absolute Gasteiger partial charge is 0.487 e. The predicted octanol–water partition coefficient (Wildman–Crippen LogP) is 10.2. The maximum absolute atomic E-state index is 14.6. The fourth-order valence-electron chi connectivity index (χ4n) is 4.18. The van der Waals surface area contributed by atoms with Gasteiger partial charge < -0.3 is 9.47 Å². The molecule has 0 aliphatic heterocycles. The average Bonchev–Trinajstić information content (AvgIpc) is 3.05. The fourth-order valence-corrected chi connectivity index (χ4v) is 4.18. The van der Waals surface area contributed by atoms with E-state index in [2.05, 4.69) is 30.6 Å². The molecule has 0 unspecified atom stereocenters. The molecule has 1 atom stereocenters. The van der Waals surface area contributed by atoms with Crippen molar-refractivity contribution < 1.29 is 44.6 Å². The highest BCUT2D eigenvalue weighted by atomic mass is 19.2. The highest BCUT2D eigenvalue weighted by molar-refractivity contribution is 5.51. The van der Waals surface area contributed by atoms with E-state index in [1.165, 1.54) is 24.3 Å². The molecular formula is C36H34F8O2. The summed E-state index contributed by atoms with van der Waals surface area (Å²) in [5, 5.41) is 0. The van der Waals surface area contributed by atoms with E-state index in [4.69, 9.17) is 9.47 Å². The van der Waals surface area contributed by atoms with Gasteiger partial charge in [-0.15, -0.1) is 0 Å². The summed E-state index contributed by atoms with van der Waals surface area (Å²) in [5.41, 5.74) is -1.99. The molecule has 46 heavy (non-hydrogen) atoms. The topological polar surface area (TPSA) is 18.5 Å². The Morgan fingerprint density at radius 2 is 0.913 bits per heavy atom. The van der Waals surface area contributed by atoms with Gasteiger partial charge in [-0.3, -0.25) is 0 Å². The van der Waals surface area contributed by atoms with E-state index in [0.29, 0.717) is 12.8 Å². The molecule has 0 saturated heterocycles. The van der Waals surface area contributed by atoms with Crippen LogP contribution >= 0.6 is 0 Å². The molecule has 3 rings (SSSR count). The first-order valence-corrected chi connectivity index (χ1v) is 15.1. The third-order valence-electron chi connectivity index (χ3n) is 7.20. The summed E-state index contributed by atoms with van der Waals surface area (Å²) in [6, 6.07) is 5.22. The standard InChI is InChI=1S/C36H34F8O2/c1-4-6-7-8-9-10-11-20-45-35-31(41)27(37)25(28(38)32(35)42)18-16-23-12-14-24(15-13-23)17-19-26-29(39)33(43)36(34(44)30(26)40)46-21-22(3)5-2/h12-15,22H,4-11,20-21H2,1-3H3/t22-/m0/s1. The summed E-state index contributed by atoms with van der Waals surface area (Å²) in [5.74, 6) is -7.20. The Morgan fingerprint density at radius 1 is 0.522 bits per heavy atom. The lowest BCUT2D eigenvalue weighted by molar-refractivity contribution is 0.227. The maximum Gasteiger partial charge on any atom is 0.205 e. The third kappa shape index (κ3) is 9.19. The van der Waals surface area contributed by atoms with Crippen molar-refractivity contribution >= 4 is 0 Å². The average molecular weight is 651 g/mol. The Hall–Kier alpha value is -4.18. The molecule has 3 aromatic rings. The number of hydrogen-bond donors (Lipinski definition) is 0. The van der Waals surface area contributed by atoms with Gasteiger partial charge in [0.15, 0.2) is 34.8 Å². The Bertz CT molecular complexity index is 1570. The first kappa shape index (κ1) is 36.3. The van der Waals surface area contributed by atoms with E-state index in [0.717, 1.165) is 38.5 Å². The van der Waals surface area contributed by atoms with E-state index in [-0.39, 0.29) is 30.3 Å². The number of halogens is 8. The predicted molar refractivity (Wildman–Crippen MR) is 159 cm³/mol. The SMILES string of the molecule is CCCCCCCCCOc1c(F)c(F)c(C#Cc2ccc(C#Cc3c(F)c(F)c(OC[C@@H](C)CC)c(F)c3F)cc2)c(F)c1F. The monoisotopic (exact) mass is 650 g/mol. The first-order valence-electron chi connectivity index (χ1n) is 15.1. The van der Waals surface area contributed by atoms with E-state index in [9.17, 15) is 35.1 Å². The van der Waals surface area contributed by atoms with E-state index in [1.54, 1.807) is 6.92 Å². The molecule has 0 aliphatic rings. The summed E-state index contributed by atoms with van der Waals surface area (Å²) >= 11 is 0. The van der Waals surface area contributed by atoms with Crippen molar-refractivity contribution in [3.63, 3.8) is 0 Å². The quantitative estimate of drug-likeness (QED) is 0.0794. The Morgan fingerprint density at radius 3 is 1.33 bits per heavy atom. The van der Waals surface area contributed by atoms with Crippen molar-refractivity contribution in [1.82, 2.24) is 0 Å². The number of hydrogen-bond acceptors (Lipinski definition) is 2. The van der Waals surface area contributed by atoms with Crippen LogP contribution in [0.25, 0.3) is 0 Å². The van der Waals surface area contributed by atoms with Gasteiger partial charge in [-0.2, -0.15) is 17.6 Å².